The third kappa shape index (κ3) is 11.4. The van der Waals surface area contributed by atoms with Gasteiger partial charge < -0.3 is 31.7 Å². The number of unbranched alkanes of at least 4 members (excludes halogenated alkanes) is 1. The van der Waals surface area contributed by atoms with Gasteiger partial charge in [0.05, 0.1) is 6.61 Å². The fourth-order valence-corrected chi connectivity index (χ4v) is 2.26. The molecule has 4 amide bonds. The van der Waals surface area contributed by atoms with Crippen molar-refractivity contribution in [2.24, 2.45) is 11.7 Å². The lowest BCUT2D eigenvalue weighted by Crippen LogP contribution is -2.54. The molecule has 6 N–H and O–H groups in total. The van der Waals surface area contributed by atoms with E-state index in [4.69, 9.17) is 10.5 Å². The number of nitrogens with two attached hydrogens (primary N) is 1. The van der Waals surface area contributed by atoms with Crippen molar-refractivity contribution in [2.45, 2.75) is 59.0 Å². The minimum Gasteiger partial charge on any atom is -0.450 e. The summed E-state index contributed by atoms with van der Waals surface area (Å²) in [5, 5.41) is 10.4. The highest BCUT2D eigenvalue weighted by molar-refractivity contribution is 5.92. The quantitative estimate of drug-likeness (QED) is 0.265. The molecule has 10 heteroatoms. The van der Waals surface area contributed by atoms with Crippen LogP contribution in [0.3, 0.4) is 0 Å². The third-order valence-electron chi connectivity index (χ3n) is 3.84. The summed E-state index contributed by atoms with van der Waals surface area (Å²) in [5.41, 5.74) is 5.41. The summed E-state index contributed by atoms with van der Waals surface area (Å²) < 4.78 is 4.70. The lowest BCUT2D eigenvalue weighted by atomic mass is 10.0. The molecular formula is C18H35N5O5. The smallest absolute Gasteiger partial charge is 0.407 e. The van der Waals surface area contributed by atoms with Crippen molar-refractivity contribution >= 4 is 23.8 Å². The van der Waals surface area contributed by atoms with E-state index in [-0.39, 0.29) is 31.5 Å². The number of carbonyl (C=O) groups is 4. The molecule has 0 spiro atoms. The van der Waals surface area contributed by atoms with Gasteiger partial charge >= 0.3 is 6.09 Å². The van der Waals surface area contributed by atoms with Crippen LogP contribution in [0, 0.1) is 5.92 Å². The Bertz CT molecular complexity index is 513. The molecule has 0 rings (SSSR count). The maximum absolute atomic E-state index is 12.5. The molecule has 0 aromatic rings. The molecule has 0 bridgehead atoms. The van der Waals surface area contributed by atoms with E-state index < -0.39 is 30.0 Å². The maximum Gasteiger partial charge on any atom is 0.407 e. The topological polar surface area (TPSA) is 152 Å². The average molecular weight is 402 g/mol. The number of nitrogens with one attached hydrogen (secondary N) is 4. The Hall–Kier alpha value is -2.36. The van der Waals surface area contributed by atoms with Crippen molar-refractivity contribution in [3.05, 3.63) is 0 Å². The molecule has 0 fully saturated rings. The molecule has 0 aliphatic carbocycles. The number of carbonyl (C=O) groups excluding carboxylic acids is 4. The van der Waals surface area contributed by atoms with E-state index in [2.05, 4.69) is 21.3 Å². The van der Waals surface area contributed by atoms with Crippen LogP contribution in [0.1, 0.15) is 47.0 Å². The van der Waals surface area contributed by atoms with Crippen LogP contribution in [0.5, 0.6) is 0 Å². The van der Waals surface area contributed by atoms with Crippen LogP contribution in [0.2, 0.25) is 0 Å². The predicted octanol–water partition coefficient (Wildman–Crippen LogP) is -0.377. The molecule has 0 radical (unpaired) electrons. The fourth-order valence-electron chi connectivity index (χ4n) is 2.26. The summed E-state index contributed by atoms with van der Waals surface area (Å²) >= 11 is 0. The van der Waals surface area contributed by atoms with E-state index in [9.17, 15) is 19.2 Å². The summed E-state index contributed by atoms with van der Waals surface area (Å²) in [7, 11) is 0. The van der Waals surface area contributed by atoms with Crippen molar-refractivity contribution in [3.63, 3.8) is 0 Å². The van der Waals surface area contributed by atoms with Gasteiger partial charge in [0.2, 0.25) is 17.7 Å². The van der Waals surface area contributed by atoms with E-state index in [1.54, 1.807) is 13.8 Å². The first kappa shape index (κ1) is 25.6. The zero-order chi connectivity index (χ0) is 21.5. The number of hydrogen-bond donors (Lipinski definition) is 5. The third-order valence-corrected chi connectivity index (χ3v) is 3.84. The number of alkyl carbamates (subject to hydrolysis) is 1. The van der Waals surface area contributed by atoms with Crippen LogP contribution in [0.4, 0.5) is 4.79 Å². The normalized spacial score (nSPS) is 12.6. The van der Waals surface area contributed by atoms with E-state index >= 15 is 0 Å². The van der Waals surface area contributed by atoms with Gasteiger partial charge in [-0.25, -0.2) is 4.79 Å². The summed E-state index contributed by atoms with van der Waals surface area (Å²) in [6, 6.07) is -1.52. The van der Waals surface area contributed by atoms with Crippen LogP contribution >= 0.6 is 0 Å². The molecule has 10 nitrogen and oxygen atoms in total. The van der Waals surface area contributed by atoms with Gasteiger partial charge in [0.15, 0.2) is 0 Å². The van der Waals surface area contributed by atoms with Gasteiger partial charge in [0, 0.05) is 19.5 Å². The summed E-state index contributed by atoms with van der Waals surface area (Å²) in [6.45, 7) is 8.06. The van der Waals surface area contributed by atoms with Crippen molar-refractivity contribution in [1.82, 2.24) is 21.3 Å². The Balaban J connectivity index is 4.38. The molecular weight excluding hydrogens is 366 g/mol. The predicted molar refractivity (Wildman–Crippen MR) is 105 cm³/mol. The minimum absolute atomic E-state index is 0.137. The molecule has 0 saturated carbocycles. The second-order valence-electron chi connectivity index (χ2n) is 6.70. The van der Waals surface area contributed by atoms with Crippen LogP contribution < -0.4 is 27.0 Å². The Morgan fingerprint density at radius 3 is 2.14 bits per heavy atom. The van der Waals surface area contributed by atoms with Gasteiger partial charge in [-0.05, 0) is 39.2 Å². The molecule has 1 unspecified atom stereocenters. The van der Waals surface area contributed by atoms with Crippen molar-refractivity contribution in [1.29, 1.82) is 0 Å². The van der Waals surface area contributed by atoms with Gasteiger partial charge in [-0.2, -0.15) is 0 Å². The van der Waals surface area contributed by atoms with Crippen LogP contribution in [-0.4, -0.2) is 62.1 Å². The SMILES string of the molecule is CCOC(=O)NCCNC(=O)[C@H](C)NC(=O)C(NC(=O)CCCCN)C(C)C. The zero-order valence-electron chi connectivity index (χ0n) is 17.3. The monoisotopic (exact) mass is 401 g/mol. The first-order valence-electron chi connectivity index (χ1n) is 9.71. The first-order valence-corrected chi connectivity index (χ1v) is 9.71. The summed E-state index contributed by atoms with van der Waals surface area (Å²) in [6.07, 6.45) is 1.15. The van der Waals surface area contributed by atoms with Crippen molar-refractivity contribution in [3.8, 4) is 0 Å². The Labute approximate surface area is 166 Å². The van der Waals surface area contributed by atoms with Crippen LogP contribution in [-0.2, 0) is 19.1 Å². The van der Waals surface area contributed by atoms with Gasteiger partial charge in [-0.1, -0.05) is 13.8 Å². The number of hydrogen-bond acceptors (Lipinski definition) is 6. The fraction of sp³-hybridized carbons (Fsp3) is 0.778. The van der Waals surface area contributed by atoms with E-state index in [1.165, 1.54) is 0 Å². The summed E-state index contributed by atoms with van der Waals surface area (Å²) in [5.74, 6) is -1.17. The first-order chi connectivity index (χ1) is 13.2. The molecule has 0 heterocycles. The summed E-state index contributed by atoms with van der Waals surface area (Å²) in [4.78, 5) is 47.6. The van der Waals surface area contributed by atoms with E-state index in [0.717, 1.165) is 6.42 Å². The largest absolute Gasteiger partial charge is 0.450 e. The average Bonchev–Trinajstić information content (AvgIpc) is 2.63. The van der Waals surface area contributed by atoms with Gasteiger partial charge in [-0.15, -0.1) is 0 Å². The van der Waals surface area contributed by atoms with Crippen LogP contribution in [0.15, 0.2) is 0 Å². The highest BCUT2D eigenvalue weighted by Gasteiger charge is 2.26. The van der Waals surface area contributed by atoms with E-state index in [1.807, 2.05) is 13.8 Å². The second kappa shape index (κ2) is 14.7. The molecule has 28 heavy (non-hydrogen) atoms. The number of rotatable bonds is 13. The second-order valence-corrected chi connectivity index (χ2v) is 6.70. The van der Waals surface area contributed by atoms with Crippen molar-refractivity contribution < 1.29 is 23.9 Å². The van der Waals surface area contributed by atoms with Gasteiger partial charge in [0.1, 0.15) is 12.1 Å². The maximum atomic E-state index is 12.5. The molecule has 162 valence electrons. The minimum atomic E-state index is -0.787. The molecule has 0 aromatic carbocycles. The number of ether oxygens (including phenoxy) is 1. The molecule has 0 aromatic heterocycles. The lowest BCUT2D eigenvalue weighted by Gasteiger charge is -2.24. The van der Waals surface area contributed by atoms with E-state index in [0.29, 0.717) is 19.4 Å². The Morgan fingerprint density at radius 2 is 1.57 bits per heavy atom. The molecule has 0 aliphatic heterocycles. The Kier molecular flexibility index (Phi) is 13.4. The highest BCUT2D eigenvalue weighted by atomic mass is 16.5. The molecule has 2 atom stereocenters. The van der Waals surface area contributed by atoms with Crippen LogP contribution in [0.25, 0.3) is 0 Å². The highest BCUT2D eigenvalue weighted by Crippen LogP contribution is 2.04. The molecule has 0 saturated heterocycles. The molecule has 0 aliphatic rings. The van der Waals surface area contributed by atoms with Gasteiger partial charge in [0.25, 0.3) is 0 Å². The number of amides is 4. The van der Waals surface area contributed by atoms with Gasteiger partial charge in [-0.3, -0.25) is 14.4 Å². The standard InChI is InChI=1S/C18H35N5O5/c1-5-28-18(27)21-11-10-20-16(25)13(4)22-17(26)15(12(2)3)23-14(24)8-6-7-9-19/h12-13,15H,5-11,19H2,1-4H3,(H,20,25)(H,21,27)(H,22,26)(H,23,24)/t13-,15?/m0/s1. The zero-order valence-corrected chi connectivity index (χ0v) is 17.3. The lowest BCUT2D eigenvalue weighted by molar-refractivity contribution is -0.132. The van der Waals surface area contributed by atoms with Crippen molar-refractivity contribution in [2.75, 3.05) is 26.2 Å². The Morgan fingerprint density at radius 1 is 0.929 bits per heavy atom.